The molecule has 22 heavy (non-hydrogen) atoms. The molecule has 0 spiro atoms. The van der Waals surface area contributed by atoms with Crippen LogP contribution in [0, 0.1) is 0 Å². The van der Waals surface area contributed by atoms with Gasteiger partial charge in [-0.2, -0.15) is 0 Å². The molecule has 120 valence electrons. The maximum Gasteiger partial charge on any atom is 0.313 e. The van der Waals surface area contributed by atoms with Crippen LogP contribution < -0.4 is 5.32 Å². The lowest BCUT2D eigenvalue weighted by Gasteiger charge is -2.33. The molecule has 1 aromatic carbocycles. The van der Waals surface area contributed by atoms with Gasteiger partial charge in [-0.1, -0.05) is 39.0 Å². The van der Waals surface area contributed by atoms with Crippen LogP contribution in [0.1, 0.15) is 52.5 Å². The molecule has 0 aliphatic carbocycles. The molecular formula is C18H26N2O2. The number of nitrogens with one attached hydrogen (secondary N) is 1. The van der Waals surface area contributed by atoms with Gasteiger partial charge in [0.05, 0.1) is 0 Å². The average Bonchev–Trinajstić information content (AvgIpc) is 2.46. The van der Waals surface area contributed by atoms with Crippen molar-refractivity contribution in [2.45, 2.75) is 58.4 Å². The molecule has 1 heterocycles. The Kier molecular flexibility index (Phi) is 4.89. The van der Waals surface area contributed by atoms with Crippen LogP contribution in [0.15, 0.2) is 24.3 Å². The number of hydrogen-bond donors (Lipinski definition) is 1. The van der Waals surface area contributed by atoms with Gasteiger partial charge in [-0.15, -0.1) is 0 Å². The van der Waals surface area contributed by atoms with E-state index in [-0.39, 0.29) is 11.5 Å². The topological polar surface area (TPSA) is 49.4 Å². The SMILES string of the molecule is CC1CCCCN1C(=O)C(=O)Nc1ccccc1C(C)(C)C. The minimum atomic E-state index is -0.537. The zero-order valence-electron chi connectivity index (χ0n) is 14.0. The highest BCUT2D eigenvalue weighted by atomic mass is 16.2. The summed E-state index contributed by atoms with van der Waals surface area (Å²) in [6.07, 6.45) is 3.07. The molecule has 2 rings (SSSR count). The quantitative estimate of drug-likeness (QED) is 0.809. The summed E-state index contributed by atoms with van der Waals surface area (Å²) < 4.78 is 0. The lowest BCUT2D eigenvalue weighted by atomic mass is 9.86. The standard InChI is InChI=1S/C18H26N2O2/c1-13-9-7-8-12-20(13)17(22)16(21)19-15-11-6-5-10-14(15)18(2,3)4/h5-6,10-11,13H,7-9,12H2,1-4H3,(H,19,21). The van der Waals surface area contributed by atoms with Crippen molar-refractivity contribution >= 4 is 17.5 Å². The first-order valence-electron chi connectivity index (χ1n) is 8.02. The first kappa shape index (κ1) is 16.5. The van der Waals surface area contributed by atoms with Gasteiger partial charge in [-0.3, -0.25) is 9.59 Å². The number of benzene rings is 1. The fourth-order valence-electron chi connectivity index (χ4n) is 2.95. The number of carbonyl (C=O) groups is 2. The Bertz CT molecular complexity index is 560. The van der Waals surface area contributed by atoms with Crippen molar-refractivity contribution in [3.8, 4) is 0 Å². The van der Waals surface area contributed by atoms with Gasteiger partial charge in [-0.05, 0) is 43.2 Å². The van der Waals surface area contributed by atoms with Gasteiger partial charge in [0, 0.05) is 18.3 Å². The molecule has 0 bridgehead atoms. The second kappa shape index (κ2) is 6.51. The van der Waals surface area contributed by atoms with E-state index in [1.807, 2.05) is 31.2 Å². The summed E-state index contributed by atoms with van der Waals surface area (Å²) in [5.74, 6) is -0.957. The summed E-state index contributed by atoms with van der Waals surface area (Å²) >= 11 is 0. The largest absolute Gasteiger partial charge is 0.332 e. The molecule has 4 heteroatoms. The Labute approximate surface area is 132 Å². The van der Waals surface area contributed by atoms with Crippen LogP contribution in [0.3, 0.4) is 0 Å². The van der Waals surface area contributed by atoms with Crippen LogP contribution in [0.4, 0.5) is 5.69 Å². The number of amides is 2. The highest BCUT2D eigenvalue weighted by molar-refractivity contribution is 6.39. The molecule has 1 fully saturated rings. The van der Waals surface area contributed by atoms with Gasteiger partial charge in [0.25, 0.3) is 0 Å². The third-order valence-electron chi connectivity index (χ3n) is 4.24. The second-order valence-corrected chi connectivity index (χ2v) is 7.09. The predicted molar refractivity (Wildman–Crippen MR) is 88.8 cm³/mol. The monoisotopic (exact) mass is 302 g/mol. The van der Waals surface area contributed by atoms with E-state index in [0.717, 1.165) is 30.5 Å². The van der Waals surface area contributed by atoms with Crippen molar-refractivity contribution in [2.75, 3.05) is 11.9 Å². The Morgan fingerprint density at radius 3 is 2.50 bits per heavy atom. The zero-order chi connectivity index (χ0) is 16.3. The number of piperidine rings is 1. The molecule has 1 unspecified atom stereocenters. The molecule has 0 saturated carbocycles. The maximum absolute atomic E-state index is 12.4. The number of anilines is 1. The van der Waals surface area contributed by atoms with E-state index in [1.54, 1.807) is 4.90 Å². The van der Waals surface area contributed by atoms with E-state index in [1.165, 1.54) is 0 Å². The van der Waals surface area contributed by atoms with Crippen molar-refractivity contribution in [1.82, 2.24) is 4.90 Å². The number of carbonyl (C=O) groups excluding carboxylic acids is 2. The first-order chi connectivity index (χ1) is 10.3. The molecule has 4 nitrogen and oxygen atoms in total. The van der Waals surface area contributed by atoms with Crippen LogP contribution in [0.5, 0.6) is 0 Å². The molecule has 2 amide bonds. The summed E-state index contributed by atoms with van der Waals surface area (Å²) in [4.78, 5) is 26.4. The molecule has 0 radical (unpaired) electrons. The van der Waals surface area contributed by atoms with Gasteiger partial charge < -0.3 is 10.2 Å². The lowest BCUT2D eigenvalue weighted by Crippen LogP contribution is -2.47. The average molecular weight is 302 g/mol. The highest BCUT2D eigenvalue weighted by Crippen LogP contribution is 2.29. The zero-order valence-corrected chi connectivity index (χ0v) is 14.0. The van der Waals surface area contributed by atoms with Crippen molar-refractivity contribution in [3.63, 3.8) is 0 Å². The fraction of sp³-hybridized carbons (Fsp3) is 0.556. The molecule has 1 aliphatic rings. The van der Waals surface area contributed by atoms with Gasteiger partial charge in [0.1, 0.15) is 0 Å². The van der Waals surface area contributed by atoms with Crippen LogP contribution >= 0.6 is 0 Å². The Morgan fingerprint density at radius 2 is 1.86 bits per heavy atom. The molecule has 1 aromatic rings. The number of hydrogen-bond acceptors (Lipinski definition) is 2. The Balaban J connectivity index is 2.14. The van der Waals surface area contributed by atoms with Gasteiger partial charge in [-0.25, -0.2) is 0 Å². The number of rotatable bonds is 1. The van der Waals surface area contributed by atoms with Crippen LogP contribution in [-0.2, 0) is 15.0 Å². The van der Waals surface area contributed by atoms with E-state index in [0.29, 0.717) is 6.54 Å². The van der Waals surface area contributed by atoms with Crippen molar-refractivity contribution in [2.24, 2.45) is 0 Å². The van der Waals surface area contributed by atoms with Gasteiger partial charge in [0.2, 0.25) is 0 Å². The third kappa shape index (κ3) is 3.67. The van der Waals surface area contributed by atoms with Crippen molar-refractivity contribution in [1.29, 1.82) is 0 Å². The fourth-order valence-corrected chi connectivity index (χ4v) is 2.95. The summed E-state index contributed by atoms with van der Waals surface area (Å²) in [5, 5.41) is 2.80. The third-order valence-corrected chi connectivity index (χ3v) is 4.24. The van der Waals surface area contributed by atoms with Crippen LogP contribution in [-0.4, -0.2) is 29.3 Å². The molecule has 1 aliphatic heterocycles. The highest BCUT2D eigenvalue weighted by Gasteiger charge is 2.29. The van der Waals surface area contributed by atoms with E-state index in [2.05, 4.69) is 26.1 Å². The first-order valence-corrected chi connectivity index (χ1v) is 8.02. The summed E-state index contributed by atoms with van der Waals surface area (Å²) in [7, 11) is 0. The predicted octanol–water partition coefficient (Wildman–Crippen LogP) is 3.32. The van der Waals surface area contributed by atoms with E-state index >= 15 is 0 Å². The van der Waals surface area contributed by atoms with Crippen LogP contribution in [0.25, 0.3) is 0 Å². The van der Waals surface area contributed by atoms with E-state index in [4.69, 9.17) is 0 Å². The lowest BCUT2D eigenvalue weighted by molar-refractivity contribution is -0.145. The summed E-state index contributed by atoms with van der Waals surface area (Å²) in [6, 6.07) is 7.81. The maximum atomic E-state index is 12.4. The second-order valence-electron chi connectivity index (χ2n) is 7.09. The number of nitrogens with zero attached hydrogens (tertiary/aromatic N) is 1. The van der Waals surface area contributed by atoms with Gasteiger partial charge in [0.15, 0.2) is 0 Å². The molecule has 1 saturated heterocycles. The van der Waals surface area contributed by atoms with Crippen LogP contribution in [0.2, 0.25) is 0 Å². The summed E-state index contributed by atoms with van der Waals surface area (Å²) in [6.45, 7) is 8.95. The number of likely N-dealkylation sites (tertiary alicyclic amines) is 1. The molecular weight excluding hydrogens is 276 g/mol. The molecule has 0 aromatic heterocycles. The number of para-hydroxylation sites is 1. The molecule has 1 N–H and O–H groups in total. The van der Waals surface area contributed by atoms with Crippen molar-refractivity contribution < 1.29 is 9.59 Å². The summed E-state index contributed by atoms with van der Waals surface area (Å²) in [5.41, 5.74) is 1.66. The van der Waals surface area contributed by atoms with E-state index < -0.39 is 11.8 Å². The Morgan fingerprint density at radius 1 is 1.18 bits per heavy atom. The Hall–Kier alpha value is -1.84. The molecule has 1 atom stereocenters. The van der Waals surface area contributed by atoms with E-state index in [9.17, 15) is 9.59 Å². The minimum Gasteiger partial charge on any atom is -0.332 e. The normalized spacial score (nSPS) is 18.9. The minimum absolute atomic E-state index is 0.0919. The smallest absolute Gasteiger partial charge is 0.313 e. The van der Waals surface area contributed by atoms with Crippen molar-refractivity contribution in [3.05, 3.63) is 29.8 Å². The van der Waals surface area contributed by atoms with Gasteiger partial charge >= 0.3 is 11.8 Å².